The second-order valence-corrected chi connectivity index (χ2v) is 6.29. The molecule has 0 aliphatic carbocycles. The lowest BCUT2D eigenvalue weighted by Gasteiger charge is -2.13. The van der Waals surface area contributed by atoms with Crippen molar-refractivity contribution in [3.8, 4) is 0 Å². The molecular formula is C14H19N5OS. The number of anilines is 1. The molecule has 2 heterocycles. The van der Waals surface area contributed by atoms with Gasteiger partial charge in [-0.3, -0.25) is 4.79 Å². The number of nitrogens with zero attached hydrogens (tertiary/aromatic N) is 4. The molecule has 0 saturated carbocycles. The molecule has 0 bridgehead atoms. The van der Waals surface area contributed by atoms with E-state index in [1.54, 1.807) is 37.6 Å². The zero-order valence-corrected chi connectivity index (χ0v) is 13.7. The van der Waals surface area contributed by atoms with Crippen LogP contribution >= 0.6 is 11.3 Å². The molecule has 1 amide bonds. The summed E-state index contributed by atoms with van der Waals surface area (Å²) in [5, 5.41) is 12.3. The molecule has 6 nitrogen and oxygen atoms in total. The van der Waals surface area contributed by atoms with Gasteiger partial charge in [-0.05, 0) is 32.9 Å². The molecule has 2 aromatic heterocycles. The zero-order valence-electron chi connectivity index (χ0n) is 12.8. The standard InChI is InChI=1S/C14H19N5OS/c1-8-13(21-10(3)15-8)9(2)16-12-7-6-11(17-18-12)14(20)19(4)5/h6-7,9H,1-5H3,(H,16,18). The Morgan fingerprint density at radius 2 is 2.00 bits per heavy atom. The van der Waals surface area contributed by atoms with E-state index in [1.807, 2.05) is 13.8 Å². The van der Waals surface area contributed by atoms with Crippen molar-refractivity contribution in [1.82, 2.24) is 20.1 Å². The Bertz CT molecular complexity index is 635. The van der Waals surface area contributed by atoms with E-state index in [9.17, 15) is 4.79 Å². The predicted octanol–water partition coefficient (Wildman–Crippen LogP) is 2.42. The van der Waals surface area contributed by atoms with Crippen molar-refractivity contribution in [3.63, 3.8) is 0 Å². The molecule has 2 aromatic rings. The SMILES string of the molecule is Cc1nc(C)c(C(C)Nc2ccc(C(=O)N(C)C)nn2)s1. The lowest BCUT2D eigenvalue weighted by molar-refractivity contribution is 0.0821. The molecule has 2 rings (SSSR count). The fourth-order valence-electron chi connectivity index (χ4n) is 1.99. The first-order chi connectivity index (χ1) is 9.88. The molecule has 0 aromatic carbocycles. The van der Waals surface area contributed by atoms with Crippen molar-refractivity contribution < 1.29 is 4.79 Å². The van der Waals surface area contributed by atoms with Crippen molar-refractivity contribution >= 4 is 23.1 Å². The third-order valence-corrected chi connectivity index (χ3v) is 4.24. The van der Waals surface area contributed by atoms with Crippen LogP contribution < -0.4 is 5.32 Å². The van der Waals surface area contributed by atoms with Crippen LogP contribution in [0, 0.1) is 13.8 Å². The van der Waals surface area contributed by atoms with Crippen LogP contribution in [0.25, 0.3) is 0 Å². The van der Waals surface area contributed by atoms with Crippen LogP contribution in [0.5, 0.6) is 0 Å². The van der Waals surface area contributed by atoms with Gasteiger partial charge in [-0.1, -0.05) is 0 Å². The first-order valence-electron chi connectivity index (χ1n) is 6.64. The van der Waals surface area contributed by atoms with Crippen molar-refractivity contribution in [1.29, 1.82) is 0 Å². The highest BCUT2D eigenvalue weighted by molar-refractivity contribution is 7.11. The van der Waals surface area contributed by atoms with Gasteiger partial charge < -0.3 is 10.2 Å². The van der Waals surface area contributed by atoms with Crippen molar-refractivity contribution in [2.75, 3.05) is 19.4 Å². The van der Waals surface area contributed by atoms with Gasteiger partial charge in [0.1, 0.15) is 5.82 Å². The van der Waals surface area contributed by atoms with Crippen molar-refractivity contribution in [2.24, 2.45) is 0 Å². The average molecular weight is 305 g/mol. The van der Waals surface area contributed by atoms with Gasteiger partial charge in [-0.25, -0.2) is 4.98 Å². The minimum atomic E-state index is -0.156. The lowest BCUT2D eigenvalue weighted by Crippen LogP contribution is -2.23. The fourth-order valence-corrected chi connectivity index (χ4v) is 2.92. The van der Waals surface area contributed by atoms with Crippen molar-refractivity contribution in [2.45, 2.75) is 26.8 Å². The molecule has 7 heteroatoms. The van der Waals surface area contributed by atoms with E-state index in [2.05, 4.69) is 27.4 Å². The summed E-state index contributed by atoms with van der Waals surface area (Å²) >= 11 is 1.67. The second-order valence-electron chi connectivity index (χ2n) is 5.05. The Morgan fingerprint density at radius 1 is 1.29 bits per heavy atom. The predicted molar refractivity (Wildman–Crippen MR) is 83.7 cm³/mol. The Kier molecular flexibility index (Phi) is 4.52. The van der Waals surface area contributed by atoms with Gasteiger partial charge in [0.25, 0.3) is 5.91 Å². The van der Waals surface area contributed by atoms with E-state index in [1.165, 1.54) is 9.78 Å². The molecule has 0 radical (unpaired) electrons. The molecule has 1 atom stereocenters. The maximum Gasteiger partial charge on any atom is 0.273 e. The van der Waals surface area contributed by atoms with Gasteiger partial charge in [-0.2, -0.15) is 0 Å². The summed E-state index contributed by atoms with van der Waals surface area (Å²) in [6.07, 6.45) is 0. The van der Waals surface area contributed by atoms with Gasteiger partial charge in [0, 0.05) is 19.0 Å². The van der Waals surface area contributed by atoms with Gasteiger partial charge >= 0.3 is 0 Å². The molecule has 0 aliphatic heterocycles. The Balaban J connectivity index is 2.10. The molecule has 0 aliphatic rings. The molecule has 0 spiro atoms. The van der Waals surface area contributed by atoms with E-state index in [0.29, 0.717) is 11.5 Å². The lowest BCUT2D eigenvalue weighted by atomic mass is 10.2. The molecular weight excluding hydrogens is 286 g/mol. The number of aromatic nitrogens is 3. The number of amides is 1. The highest BCUT2D eigenvalue weighted by atomic mass is 32.1. The monoisotopic (exact) mass is 305 g/mol. The van der Waals surface area contributed by atoms with Crippen molar-refractivity contribution in [3.05, 3.63) is 33.4 Å². The number of aryl methyl sites for hydroxylation is 2. The van der Waals surface area contributed by atoms with E-state index in [-0.39, 0.29) is 11.9 Å². The molecule has 112 valence electrons. The Labute approximate surface area is 128 Å². The van der Waals surface area contributed by atoms with E-state index in [0.717, 1.165) is 10.7 Å². The molecule has 0 saturated heterocycles. The van der Waals surface area contributed by atoms with Crippen LogP contribution in [0.2, 0.25) is 0 Å². The maximum absolute atomic E-state index is 11.7. The maximum atomic E-state index is 11.7. The Morgan fingerprint density at radius 3 is 2.48 bits per heavy atom. The van der Waals surface area contributed by atoms with E-state index in [4.69, 9.17) is 0 Å². The van der Waals surface area contributed by atoms with Crippen LogP contribution in [0.15, 0.2) is 12.1 Å². The Hall–Kier alpha value is -2.02. The normalized spacial score (nSPS) is 12.0. The molecule has 1 N–H and O–H groups in total. The number of hydrogen-bond donors (Lipinski definition) is 1. The van der Waals surface area contributed by atoms with Crippen LogP contribution in [0.4, 0.5) is 5.82 Å². The first-order valence-corrected chi connectivity index (χ1v) is 7.46. The van der Waals surface area contributed by atoms with Crippen LogP contribution in [-0.2, 0) is 0 Å². The summed E-state index contributed by atoms with van der Waals surface area (Å²) in [5.41, 5.74) is 1.37. The minimum absolute atomic E-state index is 0.0981. The molecule has 1 unspecified atom stereocenters. The van der Waals surface area contributed by atoms with Gasteiger partial charge in [0.05, 0.1) is 16.7 Å². The minimum Gasteiger partial charge on any atom is -0.361 e. The number of carbonyl (C=O) groups excluding carboxylic acids is 1. The second kappa shape index (κ2) is 6.17. The summed E-state index contributed by atoms with van der Waals surface area (Å²) in [6, 6.07) is 3.54. The smallest absolute Gasteiger partial charge is 0.273 e. The van der Waals surface area contributed by atoms with Crippen LogP contribution in [-0.4, -0.2) is 40.1 Å². The quantitative estimate of drug-likeness (QED) is 0.939. The van der Waals surface area contributed by atoms with Gasteiger partial charge in [0.15, 0.2) is 5.69 Å². The van der Waals surface area contributed by atoms with Gasteiger partial charge in [-0.15, -0.1) is 21.5 Å². The van der Waals surface area contributed by atoms with Crippen LogP contribution in [0.1, 0.15) is 39.0 Å². The highest BCUT2D eigenvalue weighted by Gasteiger charge is 2.14. The highest BCUT2D eigenvalue weighted by Crippen LogP contribution is 2.26. The average Bonchev–Trinajstić information content (AvgIpc) is 2.77. The molecule has 0 fully saturated rings. The largest absolute Gasteiger partial charge is 0.361 e. The first kappa shape index (κ1) is 15.4. The number of hydrogen-bond acceptors (Lipinski definition) is 6. The number of carbonyl (C=O) groups is 1. The topological polar surface area (TPSA) is 71.0 Å². The van der Waals surface area contributed by atoms with E-state index < -0.39 is 0 Å². The molecule has 21 heavy (non-hydrogen) atoms. The summed E-state index contributed by atoms with van der Waals surface area (Å²) in [5.74, 6) is 0.485. The third kappa shape index (κ3) is 3.55. The number of rotatable bonds is 4. The number of nitrogens with one attached hydrogen (secondary N) is 1. The fraction of sp³-hybridized carbons (Fsp3) is 0.429. The third-order valence-electron chi connectivity index (χ3n) is 2.99. The van der Waals surface area contributed by atoms with Crippen LogP contribution in [0.3, 0.4) is 0 Å². The summed E-state index contributed by atoms with van der Waals surface area (Å²) in [6.45, 7) is 6.05. The summed E-state index contributed by atoms with van der Waals surface area (Å²) in [4.78, 5) is 18.8. The van der Waals surface area contributed by atoms with E-state index >= 15 is 0 Å². The zero-order chi connectivity index (χ0) is 15.6. The van der Waals surface area contributed by atoms with Gasteiger partial charge in [0.2, 0.25) is 0 Å². The summed E-state index contributed by atoms with van der Waals surface area (Å²) in [7, 11) is 3.38. The number of thiazole rings is 1. The summed E-state index contributed by atoms with van der Waals surface area (Å²) < 4.78 is 0.